The molecular weight excluding hydrogens is 426 g/mol. The van der Waals surface area contributed by atoms with Gasteiger partial charge in [0.05, 0.1) is 10.6 Å². The summed E-state index contributed by atoms with van der Waals surface area (Å²) in [4.78, 5) is 23.2. The van der Waals surface area contributed by atoms with Crippen molar-refractivity contribution in [3.05, 3.63) is 57.6 Å². The van der Waals surface area contributed by atoms with E-state index in [0.29, 0.717) is 0 Å². The van der Waals surface area contributed by atoms with Gasteiger partial charge in [0.2, 0.25) is 0 Å². The number of rotatable bonds is 8. The molecule has 1 amide bonds. The third kappa shape index (κ3) is 7.20. The predicted octanol–water partition coefficient (Wildman–Crippen LogP) is 4.64. The molecule has 0 heterocycles. The number of nitro groups is 1. The fraction of sp³-hybridized carbons (Fsp3) is 0.417. The number of nitro benzene ring substituents is 1. The summed E-state index contributed by atoms with van der Waals surface area (Å²) in [6.45, 7) is 11.5. The standard InChI is InChI=1S/C24H31N3O6/c1-15(18-12-17(28)8-9-20(18)29)25-26-22(30)13-33-21-10-7-16(11-19(21)27(31)32)24(5,6)14-23(2,3)4/h7-12,28-29H,13-14H2,1-6H3,(H,26,30). The lowest BCUT2D eigenvalue weighted by Crippen LogP contribution is -2.26. The number of benzene rings is 2. The average Bonchev–Trinajstić information content (AvgIpc) is 2.70. The minimum atomic E-state index is -0.638. The first-order valence-corrected chi connectivity index (χ1v) is 10.5. The number of hydrogen-bond acceptors (Lipinski definition) is 7. The molecule has 9 nitrogen and oxygen atoms in total. The summed E-state index contributed by atoms with van der Waals surface area (Å²) >= 11 is 0. The summed E-state index contributed by atoms with van der Waals surface area (Å²) in [5, 5.41) is 34.9. The van der Waals surface area contributed by atoms with E-state index in [0.717, 1.165) is 12.0 Å². The highest BCUT2D eigenvalue weighted by molar-refractivity contribution is 6.01. The van der Waals surface area contributed by atoms with Crippen molar-refractivity contribution in [1.29, 1.82) is 0 Å². The molecule has 2 aromatic rings. The number of hydrazone groups is 1. The number of nitrogens with zero attached hydrogens (tertiary/aromatic N) is 2. The second kappa shape index (κ2) is 9.89. The van der Waals surface area contributed by atoms with Crippen LogP contribution in [0.3, 0.4) is 0 Å². The SMILES string of the molecule is CC(=NNC(=O)COc1ccc(C(C)(C)CC(C)(C)C)cc1[N+](=O)[O-])c1cc(O)ccc1O. The summed E-state index contributed by atoms with van der Waals surface area (Å²) in [6.07, 6.45) is 0.825. The number of amides is 1. The topological polar surface area (TPSA) is 134 Å². The van der Waals surface area contributed by atoms with Crippen LogP contribution in [0.4, 0.5) is 5.69 Å². The van der Waals surface area contributed by atoms with Gasteiger partial charge in [-0.15, -0.1) is 0 Å². The van der Waals surface area contributed by atoms with Crippen LogP contribution < -0.4 is 10.2 Å². The van der Waals surface area contributed by atoms with Crippen molar-refractivity contribution in [2.24, 2.45) is 10.5 Å². The van der Waals surface area contributed by atoms with Crippen molar-refractivity contribution in [3.8, 4) is 17.2 Å². The van der Waals surface area contributed by atoms with Crippen LogP contribution in [-0.2, 0) is 10.2 Å². The first-order valence-electron chi connectivity index (χ1n) is 10.5. The van der Waals surface area contributed by atoms with Gasteiger partial charge >= 0.3 is 5.69 Å². The highest BCUT2D eigenvalue weighted by Gasteiger charge is 2.30. The van der Waals surface area contributed by atoms with Gasteiger partial charge in [0.15, 0.2) is 12.4 Å². The third-order valence-corrected chi connectivity index (χ3v) is 4.99. The molecule has 0 aliphatic rings. The Morgan fingerprint density at radius 3 is 2.39 bits per heavy atom. The molecule has 33 heavy (non-hydrogen) atoms. The number of carbonyl (C=O) groups excluding carboxylic acids is 1. The van der Waals surface area contributed by atoms with E-state index in [1.165, 1.54) is 30.3 Å². The van der Waals surface area contributed by atoms with Crippen molar-refractivity contribution in [2.45, 2.75) is 53.4 Å². The van der Waals surface area contributed by atoms with Crippen LogP contribution in [0.2, 0.25) is 0 Å². The van der Waals surface area contributed by atoms with Gasteiger partial charge in [0.25, 0.3) is 5.91 Å². The Hall–Kier alpha value is -3.62. The van der Waals surface area contributed by atoms with E-state index in [9.17, 15) is 25.1 Å². The predicted molar refractivity (Wildman–Crippen MR) is 126 cm³/mol. The Morgan fingerprint density at radius 1 is 1.12 bits per heavy atom. The molecule has 0 saturated heterocycles. The van der Waals surface area contributed by atoms with E-state index in [-0.39, 0.29) is 45.0 Å². The van der Waals surface area contributed by atoms with Crippen LogP contribution in [-0.4, -0.2) is 33.4 Å². The van der Waals surface area contributed by atoms with Gasteiger partial charge in [-0.1, -0.05) is 40.7 Å². The maximum absolute atomic E-state index is 12.1. The maximum atomic E-state index is 12.1. The van der Waals surface area contributed by atoms with E-state index in [1.54, 1.807) is 13.0 Å². The molecular formula is C24H31N3O6. The van der Waals surface area contributed by atoms with E-state index >= 15 is 0 Å². The van der Waals surface area contributed by atoms with Crippen LogP contribution in [0.1, 0.15) is 59.1 Å². The Kier molecular flexibility index (Phi) is 7.68. The largest absolute Gasteiger partial charge is 0.508 e. The highest BCUT2D eigenvalue weighted by atomic mass is 16.6. The molecule has 0 fully saturated rings. The van der Waals surface area contributed by atoms with Crippen molar-refractivity contribution in [2.75, 3.05) is 6.61 Å². The molecule has 0 bridgehead atoms. The molecule has 0 spiro atoms. The number of aromatic hydroxyl groups is 2. The highest BCUT2D eigenvalue weighted by Crippen LogP contribution is 2.39. The summed E-state index contributed by atoms with van der Waals surface area (Å²) < 4.78 is 5.40. The third-order valence-electron chi connectivity index (χ3n) is 4.99. The van der Waals surface area contributed by atoms with Crippen molar-refractivity contribution in [1.82, 2.24) is 5.43 Å². The van der Waals surface area contributed by atoms with Gasteiger partial charge in [-0.2, -0.15) is 5.10 Å². The van der Waals surface area contributed by atoms with Crippen LogP contribution in [0, 0.1) is 15.5 Å². The summed E-state index contributed by atoms with van der Waals surface area (Å²) in [5.41, 5.74) is 3.13. The van der Waals surface area contributed by atoms with Gasteiger partial charge in [-0.05, 0) is 54.0 Å². The molecule has 0 radical (unpaired) electrons. The average molecular weight is 458 g/mol. The van der Waals surface area contributed by atoms with Crippen molar-refractivity contribution in [3.63, 3.8) is 0 Å². The lowest BCUT2D eigenvalue weighted by Gasteiger charge is -2.33. The molecule has 0 aromatic heterocycles. The van der Waals surface area contributed by atoms with Gasteiger partial charge in [0, 0.05) is 11.6 Å². The Labute approximate surface area is 193 Å². The summed E-state index contributed by atoms with van der Waals surface area (Å²) in [5.74, 6) is -0.824. The molecule has 2 aromatic carbocycles. The van der Waals surface area contributed by atoms with Gasteiger partial charge in [-0.25, -0.2) is 5.43 Å². The van der Waals surface area contributed by atoms with Crippen LogP contribution in [0.15, 0.2) is 41.5 Å². The molecule has 178 valence electrons. The fourth-order valence-electron chi connectivity index (χ4n) is 3.83. The smallest absolute Gasteiger partial charge is 0.311 e. The zero-order chi connectivity index (χ0) is 25.0. The summed E-state index contributed by atoms with van der Waals surface area (Å²) in [6, 6.07) is 8.71. The number of phenolic OH excluding ortho intramolecular Hbond substituents is 2. The zero-order valence-corrected chi connectivity index (χ0v) is 19.8. The maximum Gasteiger partial charge on any atom is 0.311 e. The number of carbonyl (C=O) groups is 1. The molecule has 0 aliphatic carbocycles. The Morgan fingerprint density at radius 2 is 1.79 bits per heavy atom. The first-order chi connectivity index (χ1) is 15.2. The molecule has 0 aliphatic heterocycles. The zero-order valence-electron chi connectivity index (χ0n) is 19.8. The minimum Gasteiger partial charge on any atom is -0.508 e. The number of ether oxygens (including phenoxy) is 1. The second-order valence-corrected chi connectivity index (χ2v) is 9.78. The van der Waals surface area contributed by atoms with Crippen LogP contribution in [0.5, 0.6) is 17.2 Å². The van der Waals surface area contributed by atoms with E-state index in [2.05, 4.69) is 31.3 Å². The first kappa shape index (κ1) is 25.6. The Bertz CT molecular complexity index is 1070. The van der Waals surface area contributed by atoms with E-state index in [4.69, 9.17) is 4.74 Å². The second-order valence-electron chi connectivity index (χ2n) is 9.78. The number of nitrogens with one attached hydrogen (secondary N) is 1. The number of phenols is 2. The van der Waals surface area contributed by atoms with Gasteiger partial charge in [0.1, 0.15) is 11.5 Å². The molecule has 3 N–H and O–H groups in total. The van der Waals surface area contributed by atoms with Gasteiger partial charge < -0.3 is 14.9 Å². The van der Waals surface area contributed by atoms with Crippen molar-refractivity contribution < 1.29 is 24.7 Å². The quantitative estimate of drug-likeness (QED) is 0.229. The summed E-state index contributed by atoms with van der Waals surface area (Å²) in [7, 11) is 0. The normalized spacial score (nSPS) is 12.4. The monoisotopic (exact) mass is 457 g/mol. The molecule has 0 atom stereocenters. The minimum absolute atomic E-state index is 0.0169. The van der Waals surface area contributed by atoms with E-state index < -0.39 is 17.4 Å². The van der Waals surface area contributed by atoms with E-state index in [1.807, 2.05) is 13.8 Å². The molecule has 0 saturated carbocycles. The lowest BCUT2D eigenvalue weighted by atomic mass is 9.72. The molecule has 0 unspecified atom stereocenters. The fourth-order valence-corrected chi connectivity index (χ4v) is 3.83. The van der Waals surface area contributed by atoms with Crippen LogP contribution in [0.25, 0.3) is 0 Å². The van der Waals surface area contributed by atoms with Gasteiger partial charge in [-0.3, -0.25) is 14.9 Å². The van der Waals surface area contributed by atoms with Crippen molar-refractivity contribution >= 4 is 17.3 Å². The number of hydrogen-bond donors (Lipinski definition) is 3. The molecule has 2 rings (SSSR count). The van der Waals surface area contributed by atoms with Crippen LogP contribution >= 0.6 is 0 Å². The molecule has 9 heteroatoms. The Balaban J connectivity index is 2.12. The lowest BCUT2D eigenvalue weighted by molar-refractivity contribution is -0.385.